The first-order valence-electron chi connectivity index (χ1n) is 8.78. The standard InChI is InChI=1S/C19H30N2O2/c1-4-14(2)17-7-5-6-8-18(17)23-13-19(22)21-11-9-16(10-12-21)15(3)20/h5-8,14-16H,4,9-13,20H2,1-3H3. The van der Waals surface area contributed by atoms with Crippen LogP contribution in [0.2, 0.25) is 0 Å². The van der Waals surface area contributed by atoms with E-state index in [-0.39, 0.29) is 18.6 Å². The molecule has 4 nitrogen and oxygen atoms in total. The van der Waals surface area contributed by atoms with E-state index in [0.29, 0.717) is 11.8 Å². The number of rotatable bonds is 6. The molecule has 1 saturated heterocycles. The van der Waals surface area contributed by atoms with Gasteiger partial charge in [-0.1, -0.05) is 32.0 Å². The van der Waals surface area contributed by atoms with Gasteiger partial charge in [0.15, 0.2) is 6.61 Å². The van der Waals surface area contributed by atoms with Gasteiger partial charge in [0.25, 0.3) is 5.91 Å². The van der Waals surface area contributed by atoms with Gasteiger partial charge in [-0.05, 0) is 49.7 Å². The number of likely N-dealkylation sites (tertiary alicyclic amines) is 1. The second-order valence-corrected chi connectivity index (χ2v) is 6.71. The first-order valence-corrected chi connectivity index (χ1v) is 8.78. The Labute approximate surface area is 140 Å². The van der Waals surface area contributed by atoms with Crippen molar-refractivity contribution in [2.24, 2.45) is 11.7 Å². The Morgan fingerprint density at radius 3 is 2.57 bits per heavy atom. The smallest absolute Gasteiger partial charge is 0.260 e. The van der Waals surface area contributed by atoms with E-state index in [9.17, 15) is 4.79 Å². The number of amides is 1. The van der Waals surface area contributed by atoms with Gasteiger partial charge in [-0.25, -0.2) is 0 Å². The molecular formula is C19H30N2O2. The number of para-hydroxylation sites is 1. The van der Waals surface area contributed by atoms with Crippen molar-refractivity contribution in [1.29, 1.82) is 0 Å². The number of carbonyl (C=O) groups excluding carboxylic acids is 1. The van der Waals surface area contributed by atoms with Crippen LogP contribution in [-0.4, -0.2) is 36.5 Å². The minimum absolute atomic E-state index is 0.0760. The van der Waals surface area contributed by atoms with Crippen LogP contribution in [0, 0.1) is 5.92 Å². The molecule has 2 N–H and O–H groups in total. The Bertz CT molecular complexity index is 508. The molecule has 0 saturated carbocycles. The van der Waals surface area contributed by atoms with E-state index in [0.717, 1.165) is 38.1 Å². The zero-order valence-corrected chi connectivity index (χ0v) is 14.6. The van der Waals surface area contributed by atoms with Gasteiger partial charge in [0.1, 0.15) is 5.75 Å². The second kappa shape index (κ2) is 8.34. The molecule has 128 valence electrons. The monoisotopic (exact) mass is 318 g/mol. The van der Waals surface area contributed by atoms with Gasteiger partial charge in [0.05, 0.1) is 0 Å². The van der Waals surface area contributed by atoms with Crippen LogP contribution in [0.4, 0.5) is 0 Å². The number of nitrogens with two attached hydrogens (primary N) is 1. The SMILES string of the molecule is CCC(C)c1ccccc1OCC(=O)N1CCC(C(C)N)CC1. The molecule has 2 rings (SSSR count). The van der Waals surface area contributed by atoms with Crippen molar-refractivity contribution in [2.45, 2.75) is 52.0 Å². The van der Waals surface area contributed by atoms with Crippen molar-refractivity contribution in [3.8, 4) is 5.75 Å². The summed E-state index contributed by atoms with van der Waals surface area (Å²) in [6.45, 7) is 8.11. The van der Waals surface area contributed by atoms with Crippen molar-refractivity contribution >= 4 is 5.91 Å². The van der Waals surface area contributed by atoms with Crippen LogP contribution >= 0.6 is 0 Å². The second-order valence-electron chi connectivity index (χ2n) is 6.71. The summed E-state index contributed by atoms with van der Waals surface area (Å²) in [4.78, 5) is 14.3. The van der Waals surface area contributed by atoms with Gasteiger partial charge in [0.2, 0.25) is 0 Å². The molecular weight excluding hydrogens is 288 g/mol. The molecule has 23 heavy (non-hydrogen) atoms. The Balaban J connectivity index is 1.88. The summed E-state index contributed by atoms with van der Waals surface area (Å²) in [5.41, 5.74) is 7.13. The van der Waals surface area contributed by atoms with Crippen molar-refractivity contribution in [1.82, 2.24) is 4.90 Å². The topological polar surface area (TPSA) is 55.6 Å². The maximum absolute atomic E-state index is 12.4. The molecule has 2 atom stereocenters. The summed E-state index contributed by atoms with van der Waals surface area (Å²) in [6, 6.07) is 8.24. The van der Waals surface area contributed by atoms with Gasteiger partial charge in [-0.2, -0.15) is 0 Å². The molecule has 2 unspecified atom stereocenters. The molecule has 0 aliphatic carbocycles. The first kappa shape index (κ1) is 17.8. The lowest BCUT2D eigenvalue weighted by Gasteiger charge is -2.33. The summed E-state index contributed by atoms with van der Waals surface area (Å²) in [5.74, 6) is 1.88. The fourth-order valence-corrected chi connectivity index (χ4v) is 3.14. The lowest BCUT2D eigenvalue weighted by molar-refractivity contribution is -0.134. The third-order valence-electron chi connectivity index (χ3n) is 5.05. The largest absolute Gasteiger partial charge is 0.483 e. The van der Waals surface area contributed by atoms with Crippen molar-refractivity contribution < 1.29 is 9.53 Å². The van der Waals surface area contributed by atoms with E-state index in [4.69, 9.17) is 10.5 Å². The highest BCUT2D eigenvalue weighted by Crippen LogP contribution is 2.28. The normalized spacial score (nSPS) is 18.5. The van der Waals surface area contributed by atoms with Crippen LogP contribution in [0.1, 0.15) is 51.5 Å². The summed E-state index contributed by atoms with van der Waals surface area (Å²) in [7, 11) is 0. The Hall–Kier alpha value is -1.55. The lowest BCUT2D eigenvalue weighted by Crippen LogP contribution is -2.44. The molecule has 1 fully saturated rings. The predicted molar refractivity (Wildman–Crippen MR) is 93.6 cm³/mol. The Morgan fingerprint density at radius 2 is 1.96 bits per heavy atom. The number of nitrogens with zero attached hydrogens (tertiary/aromatic N) is 1. The lowest BCUT2D eigenvalue weighted by atomic mass is 9.91. The van der Waals surface area contributed by atoms with Crippen molar-refractivity contribution in [3.63, 3.8) is 0 Å². The molecule has 0 bridgehead atoms. The van der Waals surface area contributed by atoms with E-state index in [1.165, 1.54) is 5.56 Å². The highest BCUT2D eigenvalue weighted by Gasteiger charge is 2.25. The summed E-state index contributed by atoms with van der Waals surface area (Å²) >= 11 is 0. The van der Waals surface area contributed by atoms with E-state index < -0.39 is 0 Å². The fraction of sp³-hybridized carbons (Fsp3) is 0.632. The average Bonchev–Trinajstić information content (AvgIpc) is 2.59. The third kappa shape index (κ3) is 4.71. The summed E-state index contributed by atoms with van der Waals surface area (Å²) < 4.78 is 5.83. The minimum atomic E-state index is 0.0760. The maximum atomic E-state index is 12.4. The zero-order chi connectivity index (χ0) is 16.8. The van der Waals surface area contributed by atoms with E-state index in [1.54, 1.807) is 0 Å². The third-order valence-corrected chi connectivity index (χ3v) is 5.05. The van der Waals surface area contributed by atoms with Gasteiger partial charge in [-0.3, -0.25) is 4.79 Å². The molecule has 1 amide bonds. The first-order chi connectivity index (χ1) is 11.0. The predicted octanol–water partition coefficient (Wildman–Crippen LogP) is 3.16. The van der Waals surface area contributed by atoms with E-state index in [2.05, 4.69) is 26.8 Å². The van der Waals surface area contributed by atoms with Crippen LogP contribution < -0.4 is 10.5 Å². The molecule has 0 radical (unpaired) electrons. The van der Waals surface area contributed by atoms with Crippen LogP contribution in [0.15, 0.2) is 24.3 Å². The van der Waals surface area contributed by atoms with Gasteiger partial charge < -0.3 is 15.4 Å². The number of ether oxygens (including phenoxy) is 1. The number of hydrogen-bond acceptors (Lipinski definition) is 3. The molecule has 0 spiro atoms. The number of hydrogen-bond donors (Lipinski definition) is 1. The van der Waals surface area contributed by atoms with Crippen molar-refractivity contribution in [3.05, 3.63) is 29.8 Å². The quantitative estimate of drug-likeness (QED) is 0.876. The summed E-state index contributed by atoms with van der Waals surface area (Å²) in [5, 5.41) is 0. The number of carbonyl (C=O) groups is 1. The molecule has 4 heteroatoms. The highest BCUT2D eigenvalue weighted by molar-refractivity contribution is 5.77. The molecule has 0 aromatic heterocycles. The van der Waals surface area contributed by atoms with Crippen LogP contribution in [0.3, 0.4) is 0 Å². The van der Waals surface area contributed by atoms with Crippen LogP contribution in [0.5, 0.6) is 5.75 Å². The molecule has 1 aliphatic rings. The van der Waals surface area contributed by atoms with E-state index >= 15 is 0 Å². The average molecular weight is 318 g/mol. The Morgan fingerprint density at radius 1 is 1.30 bits per heavy atom. The Kier molecular flexibility index (Phi) is 6.46. The minimum Gasteiger partial charge on any atom is -0.483 e. The molecule has 1 aromatic carbocycles. The molecule has 1 aliphatic heterocycles. The molecule has 1 aromatic rings. The summed E-state index contributed by atoms with van der Waals surface area (Å²) in [6.07, 6.45) is 3.04. The van der Waals surface area contributed by atoms with Gasteiger partial charge in [0, 0.05) is 19.1 Å². The van der Waals surface area contributed by atoms with Gasteiger partial charge in [-0.15, -0.1) is 0 Å². The number of benzene rings is 1. The highest BCUT2D eigenvalue weighted by atomic mass is 16.5. The van der Waals surface area contributed by atoms with Gasteiger partial charge >= 0.3 is 0 Å². The van der Waals surface area contributed by atoms with Crippen molar-refractivity contribution in [2.75, 3.05) is 19.7 Å². The van der Waals surface area contributed by atoms with E-state index in [1.807, 2.05) is 23.1 Å². The molecule has 1 heterocycles. The maximum Gasteiger partial charge on any atom is 0.260 e. The van der Waals surface area contributed by atoms with Crippen LogP contribution in [-0.2, 0) is 4.79 Å². The number of piperidine rings is 1. The zero-order valence-electron chi connectivity index (χ0n) is 14.6. The fourth-order valence-electron chi connectivity index (χ4n) is 3.14. The van der Waals surface area contributed by atoms with Crippen LogP contribution in [0.25, 0.3) is 0 Å².